The molecule has 1 aliphatic rings. The molecule has 1 saturated heterocycles. The van der Waals surface area contributed by atoms with Gasteiger partial charge in [0.05, 0.1) is 10.0 Å². The molecule has 1 amide bonds. The number of benzene rings is 2. The van der Waals surface area contributed by atoms with Gasteiger partial charge < -0.3 is 9.80 Å². The molecular formula is C19H17Cl2FN2O. The van der Waals surface area contributed by atoms with E-state index in [1.807, 2.05) is 6.07 Å². The summed E-state index contributed by atoms with van der Waals surface area (Å²) in [6, 6.07) is 11.7. The Kier molecular flexibility index (Phi) is 5.61. The van der Waals surface area contributed by atoms with Crippen LogP contribution in [-0.2, 0) is 4.79 Å². The Balaban J connectivity index is 1.59. The molecule has 0 aromatic heterocycles. The highest BCUT2D eigenvalue weighted by molar-refractivity contribution is 6.42. The number of carbonyl (C=O) groups is 1. The normalized spacial score (nSPS) is 15.0. The van der Waals surface area contributed by atoms with Crippen LogP contribution in [-0.4, -0.2) is 37.0 Å². The van der Waals surface area contributed by atoms with E-state index in [0.29, 0.717) is 41.8 Å². The van der Waals surface area contributed by atoms with Crippen molar-refractivity contribution in [2.45, 2.75) is 0 Å². The lowest BCUT2D eigenvalue weighted by atomic mass is 10.2. The Morgan fingerprint density at radius 1 is 1.00 bits per heavy atom. The minimum Gasteiger partial charge on any atom is -0.368 e. The van der Waals surface area contributed by atoms with E-state index >= 15 is 0 Å². The van der Waals surface area contributed by atoms with E-state index < -0.39 is 0 Å². The maximum Gasteiger partial charge on any atom is 0.246 e. The van der Waals surface area contributed by atoms with E-state index in [1.165, 1.54) is 18.2 Å². The first-order valence-corrected chi connectivity index (χ1v) is 8.72. The molecule has 25 heavy (non-hydrogen) atoms. The molecule has 130 valence electrons. The molecule has 2 aromatic carbocycles. The van der Waals surface area contributed by atoms with Crippen molar-refractivity contribution in [2.75, 3.05) is 31.1 Å². The topological polar surface area (TPSA) is 23.6 Å². The quantitative estimate of drug-likeness (QED) is 0.734. The van der Waals surface area contributed by atoms with Crippen LogP contribution in [0.2, 0.25) is 10.0 Å². The molecule has 1 fully saturated rings. The van der Waals surface area contributed by atoms with E-state index in [2.05, 4.69) is 4.90 Å². The molecule has 3 rings (SSSR count). The fraction of sp³-hybridized carbons (Fsp3) is 0.211. The van der Waals surface area contributed by atoms with E-state index in [0.717, 1.165) is 5.69 Å². The highest BCUT2D eigenvalue weighted by Crippen LogP contribution is 2.26. The smallest absolute Gasteiger partial charge is 0.246 e. The second-order valence-electron chi connectivity index (χ2n) is 5.77. The van der Waals surface area contributed by atoms with Crippen molar-refractivity contribution in [2.24, 2.45) is 0 Å². The van der Waals surface area contributed by atoms with Crippen LogP contribution in [0.25, 0.3) is 6.08 Å². The molecule has 1 heterocycles. The summed E-state index contributed by atoms with van der Waals surface area (Å²) in [6.07, 6.45) is 3.20. The molecule has 1 aliphatic heterocycles. The Morgan fingerprint density at radius 3 is 2.36 bits per heavy atom. The summed E-state index contributed by atoms with van der Waals surface area (Å²) >= 11 is 12.1. The molecule has 0 bridgehead atoms. The lowest BCUT2D eigenvalue weighted by molar-refractivity contribution is -0.126. The first-order chi connectivity index (χ1) is 12.0. The summed E-state index contributed by atoms with van der Waals surface area (Å²) in [6.45, 7) is 2.65. The number of hydrogen-bond acceptors (Lipinski definition) is 2. The Morgan fingerprint density at radius 2 is 1.68 bits per heavy atom. The Labute approximate surface area is 156 Å². The van der Waals surface area contributed by atoms with Crippen LogP contribution in [0, 0.1) is 5.82 Å². The van der Waals surface area contributed by atoms with Crippen molar-refractivity contribution in [3.05, 3.63) is 70.0 Å². The number of hydrogen-bond donors (Lipinski definition) is 0. The largest absolute Gasteiger partial charge is 0.368 e. The lowest BCUT2D eigenvalue weighted by Crippen LogP contribution is -2.48. The molecule has 0 aliphatic carbocycles. The van der Waals surface area contributed by atoms with Gasteiger partial charge in [-0.3, -0.25) is 4.79 Å². The molecule has 0 N–H and O–H groups in total. The maximum absolute atomic E-state index is 13.0. The van der Waals surface area contributed by atoms with Gasteiger partial charge in [-0.25, -0.2) is 4.39 Å². The predicted octanol–water partition coefficient (Wildman–Crippen LogP) is 4.49. The summed E-state index contributed by atoms with van der Waals surface area (Å²) in [5.74, 6) is -0.308. The van der Waals surface area contributed by atoms with Gasteiger partial charge in [-0.1, -0.05) is 35.3 Å². The van der Waals surface area contributed by atoms with Crippen LogP contribution >= 0.6 is 23.2 Å². The second-order valence-corrected chi connectivity index (χ2v) is 6.55. The third-order valence-electron chi connectivity index (χ3n) is 4.17. The van der Waals surface area contributed by atoms with Gasteiger partial charge in [-0.05, 0) is 42.0 Å². The van der Waals surface area contributed by atoms with Crippen LogP contribution in [0.4, 0.5) is 10.1 Å². The Bertz CT molecular complexity index is 785. The second kappa shape index (κ2) is 7.89. The van der Waals surface area contributed by atoms with Crippen molar-refractivity contribution in [3.63, 3.8) is 0 Å². The minimum absolute atomic E-state index is 0.0604. The molecule has 6 heteroatoms. The molecule has 0 unspecified atom stereocenters. The molecule has 0 radical (unpaired) electrons. The SMILES string of the molecule is O=C(/C=C/c1cccc(Cl)c1Cl)N1CCN(c2ccc(F)cc2)CC1. The van der Waals surface area contributed by atoms with Gasteiger partial charge in [0.25, 0.3) is 0 Å². The van der Waals surface area contributed by atoms with Gasteiger partial charge in [-0.2, -0.15) is 0 Å². The number of anilines is 1. The average Bonchev–Trinajstić information content (AvgIpc) is 2.63. The number of amides is 1. The summed E-state index contributed by atoms with van der Waals surface area (Å²) in [4.78, 5) is 16.3. The van der Waals surface area contributed by atoms with Gasteiger partial charge in [0.2, 0.25) is 5.91 Å². The predicted molar refractivity (Wildman–Crippen MR) is 101 cm³/mol. The highest BCUT2D eigenvalue weighted by atomic mass is 35.5. The number of halogens is 3. The van der Waals surface area contributed by atoms with Gasteiger partial charge >= 0.3 is 0 Å². The summed E-state index contributed by atoms with van der Waals surface area (Å²) in [5.41, 5.74) is 1.68. The summed E-state index contributed by atoms with van der Waals surface area (Å²) in [5, 5.41) is 0.901. The monoisotopic (exact) mass is 378 g/mol. The van der Waals surface area contributed by atoms with Crippen molar-refractivity contribution < 1.29 is 9.18 Å². The van der Waals surface area contributed by atoms with Gasteiger partial charge in [0.15, 0.2) is 0 Å². The van der Waals surface area contributed by atoms with Crippen LogP contribution in [0.1, 0.15) is 5.56 Å². The zero-order chi connectivity index (χ0) is 17.8. The third-order valence-corrected chi connectivity index (χ3v) is 5.00. The van der Waals surface area contributed by atoms with Crippen LogP contribution in [0.5, 0.6) is 0 Å². The van der Waals surface area contributed by atoms with E-state index in [-0.39, 0.29) is 11.7 Å². The molecule has 2 aromatic rings. The Hall–Kier alpha value is -2.04. The lowest BCUT2D eigenvalue weighted by Gasteiger charge is -2.35. The number of piperazine rings is 1. The summed E-state index contributed by atoms with van der Waals surface area (Å²) < 4.78 is 13.0. The van der Waals surface area contributed by atoms with E-state index in [1.54, 1.807) is 35.2 Å². The highest BCUT2D eigenvalue weighted by Gasteiger charge is 2.19. The molecule has 3 nitrogen and oxygen atoms in total. The standard InChI is InChI=1S/C19H17Cl2FN2O/c20-17-3-1-2-14(19(17)21)4-9-18(25)24-12-10-23(11-13-24)16-7-5-15(22)6-8-16/h1-9H,10-13H2/b9-4+. The van der Waals surface area contributed by atoms with E-state index in [9.17, 15) is 9.18 Å². The first-order valence-electron chi connectivity index (χ1n) is 7.96. The number of nitrogens with zero attached hydrogens (tertiary/aromatic N) is 2. The van der Waals surface area contributed by atoms with Gasteiger partial charge in [0, 0.05) is 37.9 Å². The average molecular weight is 379 g/mol. The maximum atomic E-state index is 13.0. The summed E-state index contributed by atoms with van der Waals surface area (Å²) in [7, 11) is 0. The zero-order valence-corrected chi connectivity index (χ0v) is 15.0. The van der Waals surface area contributed by atoms with Crippen molar-refractivity contribution in [1.29, 1.82) is 0 Å². The van der Waals surface area contributed by atoms with Crippen LogP contribution < -0.4 is 4.90 Å². The van der Waals surface area contributed by atoms with Crippen molar-refractivity contribution in [1.82, 2.24) is 4.90 Å². The third kappa shape index (κ3) is 4.33. The van der Waals surface area contributed by atoms with Crippen LogP contribution in [0.3, 0.4) is 0 Å². The molecular weight excluding hydrogens is 362 g/mol. The number of rotatable bonds is 3. The fourth-order valence-corrected chi connectivity index (χ4v) is 3.12. The molecule has 0 spiro atoms. The van der Waals surface area contributed by atoms with Crippen LogP contribution in [0.15, 0.2) is 48.5 Å². The number of carbonyl (C=O) groups excluding carboxylic acids is 1. The van der Waals surface area contributed by atoms with Crippen molar-refractivity contribution in [3.8, 4) is 0 Å². The first kappa shape index (κ1) is 17.8. The minimum atomic E-state index is -0.248. The zero-order valence-electron chi connectivity index (χ0n) is 13.5. The van der Waals surface area contributed by atoms with Gasteiger partial charge in [0.1, 0.15) is 5.82 Å². The molecule has 0 atom stereocenters. The van der Waals surface area contributed by atoms with Crippen molar-refractivity contribution >= 4 is 40.9 Å². The van der Waals surface area contributed by atoms with Gasteiger partial charge in [-0.15, -0.1) is 0 Å². The van der Waals surface area contributed by atoms with E-state index in [4.69, 9.17) is 23.2 Å². The molecule has 0 saturated carbocycles. The fourth-order valence-electron chi connectivity index (χ4n) is 2.75.